The van der Waals surface area contributed by atoms with Gasteiger partial charge in [0.2, 0.25) is 0 Å². The Morgan fingerprint density at radius 2 is 1.12 bits per heavy atom. The molecule has 0 aliphatic carbocycles. The number of hydrogen-bond donors (Lipinski definition) is 2. The first-order valence-corrected chi connectivity index (χ1v) is 10.2. The summed E-state index contributed by atoms with van der Waals surface area (Å²) in [6.07, 6.45) is 0.982. The molecule has 0 saturated heterocycles. The van der Waals surface area contributed by atoms with Crippen molar-refractivity contribution in [2.24, 2.45) is 11.8 Å². The van der Waals surface area contributed by atoms with Crippen molar-refractivity contribution < 1.29 is 38.7 Å². The van der Waals surface area contributed by atoms with Crippen LogP contribution in [0.4, 0.5) is 0 Å². The van der Waals surface area contributed by atoms with Crippen LogP contribution in [0.5, 0.6) is 23.0 Å². The average Bonchev–Trinajstić information content (AvgIpc) is 2.76. The predicted molar refractivity (Wildman–Crippen MR) is 117 cm³/mol. The van der Waals surface area contributed by atoms with Crippen LogP contribution in [0.2, 0.25) is 0 Å². The highest BCUT2D eigenvalue weighted by Gasteiger charge is 2.26. The number of phenols is 2. The average molecular weight is 446 g/mol. The van der Waals surface area contributed by atoms with E-state index in [1.54, 1.807) is 36.4 Å². The van der Waals surface area contributed by atoms with E-state index in [2.05, 4.69) is 0 Å². The van der Waals surface area contributed by atoms with E-state index in [4.69, 9.17) is 18.9 Å². The third-order valence-corrected chi connectivity index (χ3v) is 5.15. The second-order valence-corrected chi connectivity index (χ2v) is 7.55. The van der Waals surface area contributed by atoms with E-state index >= 15 is 0 Å². The first kappa shape index (κ1) is 24.8. The quantitative estimate of drug-likeness (QED) is 0.506. The van der Waals surface area contributed by atoms with Crippen molar-refractivity contribution in [3.63, 3.8) is 0 Å². The fraction of sp³-hybridized carbons (Fsp3) is 0.417. The normalized spacial score (nSPS) is 12.5. The summed E-state index contributed by atoms with van der Waals surface area (Å²) in [6, 6.07) is 10.1. The van der Waals surface area contributed by atoms with Gasteiger partial charge in [-0.25, -0.2) is 0 Å². The van der Waals surface area contributed by atoms with Gasteiger partial charge in [-0.2, -0.15) is 0 Å². The van der Waals surface area contributed by atoms with Crippen molar-refractivity contribution in [2.45, 2.75) is 26.7 Å². The molecule has 2 aromatic rings. The van der Waals surface area contributed by atoms with Gasteiger partial charge in [-0.3, -0.25) is 9.59 Å². The summed E-state index contributed by atoms with van der Waals surface area (Å²) in [5, 5.41) is 19.8. The van der Waals surface area contributed by atoms with Gasteiger partial charge in [-0.05, 0) is 48.2 Å². The SMILES string of the molecule is COc1cc(C[C@@H](COC(C)=O)[C@H](COC(C)=O)Cc2ccc(O)c(OC)c2)ccc1O. The van der Waals surface area contributed by atoms with Crippen LogP contribution in [-0.4, -0.2) is 49.6 Å². The van der Waals surface area contributed by atoms with Crippen LogP contribution in [0, 0.1) is 11.8 Å². The number of esters is 2. The number of methoxy groups -OCH3 is 2. The first-order valence-electron chi connectivity index (χ1n) is 10.2. The summed E-state index contributed by atoms with van der Waals surface area (Å²) in [7, 11) is 2.94. The van der Waals surface area contributed by atoms with Crippen molar-refractivity contribution in [1.29, 1.82) is 0 Å². The summed E-state index contributed by atoms with van der Waals surface area (Å²) < 4.78 is 21.0. The number of carbonyl (C=O) groups excluding carboxylic acids is 2. The molecule has 0 aromatic heterocycles. The van der Waals surface area contributed by atoms with Crippen LogP contribution in [0.1, 0.15) is 25.0 Å². The number of ether oxygens (including phenoxy) is 4. The third-order valence-electron chi connectivity index (χ3n) is 5.15. The molecule has 2 rings (SSSR count). The Bertz CT molecular complexity index is 849. The molecule has 2 atom stereocenters. The van der Waals surface area contributed by atoms with Crippen LogP contribution < -0.4 is 9.47 Å². The molecule has 0 aliphatic rings. The largest absolute Gasteiger partial charge is 0.504 e. The van der Waals surface area contributed by atoms with Crippen LogP contribution in [-0.2, 0) is 31.9 Å². The Morgan fingerprint density at radius 3 is 1.44 bits per heavy atom. The van der Waals surface area contributed by atoms with Crippen molar-refractivity contribution >= 4 is 11.9 Å². The van der Waals surface area contributed by atoms with Crippen molar-refractivity contribution in [1.82, 2.24) is 0 Å². The molecule has 0 radical (unpaired) electrons. The molecule has 2 aromatic carbocycles. The standard InChI is InChI=1S/C24H30O8/c1-15(25)31-13-19(9-17-5-7-21(27)23(11-17)29-3)20(14-32-16(2)26)10-18-6-8-22(28)24(12-18)30-4/h5-8,11-12,19-20,27-28H,9-10,13-14H2,1-4H3/t19-,20-/m0/s1. The first-order chi connectivity index (χ1) is 15.2. The number of rotatable bonds is 11. The summed E-state index contributed by atoms with van der Waals surface area (Å²) >= 11 is 0. The molecular formula is C24H30O8. The second-order valence-electron chi connectivity index (χ2n) is 7.55. The monoisotopic (exact) mass is 446 g/mol. The van der Waals surface area contributed by atoms with Gasteiger partial charge in [0, 0.05) is 25.7 Å². The van der Waals surface area contributed by atoms with Crippen LogP contribution in [0.25, 0.3) is 0 Å². The zero-order chi connectivity index (χ0) is 23.7. The van der Waals surface area contributed by atoms with Gasteiger partial charge in [0.25, 0.3) is 0 Å². The van der Waals surface area contributed by atoms with Crippen LogP contribution >= 0.6 is 0 Å². The highest BCUT2D eigenvalue weighted by molar-refractivity contribution is 5.66. The topological polar surface area (TPSA) is 112 Å². The summed E-state index contributed by atoms with van der Waals surface area (Å²) in [5.74, 6) is -0.478. The minimum absolute atomic E-state index is 0.0282. The maximum absolute atomic E-state index is 11.5. The maximum atomic E-state index is 11.5. The molecule has 8 nitrogen and oxygen atoms in total. The third kappa shape index (κ3) is 7.37. The second kappa shape index (κ2) is 11.8. The Balaban J connectivity index is 2.34. The summed E-state index contributed by atoms with van der Waals surface area (Å²) in [5.41, 5.74) is 1.74. The molecule has 0 heterocycles. The minimum atomic E-state index is -0.407. The van der Waals surface area contributed by atoms with Crippen LogP contribution in [0.3, 0.4) is 0 Å². The molecule has 0 fully saturated rings. The summed E-state index contributed by atoms with van der Waals surface area (Å²) in [6.45, 7) is 2.93. The highest BCUT2D eigenvalue weighted by Crippen LogP contribution is 2.32. The number of carbonyl (C=O) groups is 2. The number of aromatic hydroxyl groups is 2. The van der Waals surface area contributed by atoms with Gasteiger partial charge < -0.3 is 29.2 Å². The highest BCUT2D eigenvalue weighted by atomic mass is 16.5. The Hall–Kier alpha value is -3.42. The lowest BCUT2D eigenvalue weighted by Crippen LogP contribution is -2.29. The van der Waals surface area contributed by atoms with E-state index in [0.717, 1.165) is 11.1 Å². The van der Waals surface area contributed by atoms with Crippen molar-refractivity contribution in [3.05, 3.63) is 47.5 Å². The van der Waals surface area contributed by atoms with Crippen molar-refractivity contribution in [3.8, 4) is 23.0 Å². The van der Waals surface area contributed by atoms with Gasteiger partial charge in [-0.15, -0.1) is 0 Å². The molecule has 0 spiro atoms. The van der Waals surface area contributed by atoms with Gasteiger partial charge in [0.1, 0.15) is 0 Å². The summed E-state index contributed by atoms with van der Waals surface area (Å²) in [4.78, 5) is 23.0. The molecule has 0 unspecified atom stereocenters. The maximum Gasteiger partial charge on any atom is 0.302 e. The number of benzene rings is 2. The smallest absolute Gasteiger partial charge is 0.302 e. The van der Waals surface area contributed by atoms with Crippen LogP contribution in [0.15, 0.2) is 36.4 Å². The van der Waals surface area contributed by atoms with Gasteiger partial charge in [0.05, 0.1) is 27.4 Å². The number of phenolic OH excluding ortho intramolecular Hbond substituents is 2. The molecule has 8 heteroatoms. The Morgan fingerprint density at radius 1 is 0.750 bits per heavy atom. The lowest BCUT2D eigenvalue weighted by atomic mass is 9.83. The van der Waals surface area contributed by atoms with E-state index in [1.807, 2.05) is 0 Å². The van der Waals surface area contributed by atoms with E-state index < -0.39 is 11.9 Å². The lowest BCUT2D eigenvalue weighted by molar-refractivity contribution is -0.147. The Kier molecular flexibility index (Phi) is 9.19. The molecule has 0 bridgehead atoms. The van der Waals surface area contributed by atoms with E-state index in [9.17, 15) is 19.8 Å². The molecule has 32 heavy (non-hydrogen) atoms. The van der Waals surface area contributed by atoms with E-state index in [1.165, 1.54) is 28.1 Å². The lowest BCUT2D eigenvalue weighted by Gasteiger charge is -2.27. The molecule has 0 aliphatic heterocycles. The fourth-order valence-electron chi connectivity index (χ4n) is 3.48. The zero-order valence-corrected chi connectivity index (χ0v) is 18.8. The molecule has 2 N–H and O–H groups in total. The number of hydrogen-bond acceptors (Lipinski definition) is 8. The molecule has 0 amide bonds. The fourth-order valence-corrected chi connectivity index (χ4v) is 3.48. The van der Waals surface area contributed by atoms with E-state index in [0.29, 0.717) is 24.3 Å². The molecule has 0 saturated carbocycles. The minimum Gasteiger partial charge on any atom is -0.504 e. The van der Waals surface area contributed by atoms with Gasteiger partial charge in [0.15, 0.2) is 23.0 Å². The molecule has 174 valence electrons. The molecular weight excluding hydrogens is 416 g/mol. The van der Waals surface area contributed by atoms with Crippen molar-refractivity contribution in [2.75, 3.05) is 27.4 Å². The van der Waals surface area contributed by atoms with Gasteiger partial charge in [-0.1, -0.05) is 12.1 Å². The van der Waals surface area contributed by atoms with Gasteiger partial charge >= 0.3 is 11.9 Å². The van der Waals surface area contributed by atoms with E-state index in [-0.39, 0.29) is 36.5 Å². The Labute approximate surface area is 187 Å². The predicted octanol–water partition coefficient (Wildman–Crippen LogP) is 3.26. The zero-order valence-electron chi connectivity index (χ0n) is 18.8.